The molecule has 1 aliphatic heterocycles. The smallest absolute Gasteiger partial charge is 0.271 e. The van der Waals surface area contributed by atoms with Gasteiger partial charge in [-0.15, -0.1) is 0 Å². The Morgan fingerprint density at radius 3 is 2.73 bits per heavy atom. The highest BCUT2D eigenvalue weighted by molar-refractivity contribution is 6.01. The molecule has 3 aromatic rings. The van der Waals surface area contributed by atoms with Gasteiger partial charge in [-0.3, -0.25) is 4.79 Å². The Bertz CT molecular complexity index is 1030. The van der Waals surface area contributed by atoms with Crippen molar-refractivity contribution in [2.75, 3.05) is 0 Å². The van der Waals surface area contributed by atoms with Gasteiger partial charge in [0.05, 0.1) is 17.8 Å². The van der Waals surface area contributed by atoms with Crippen LogP contribution in [0.3, 0.4) is 0 Å². The lowest BCUT2D eigenvalue weighted by atomic mass is 9.95. The largest absolute Gasteiger partial charge is 0.348 e. The highest BCUT2D eigenvalue weighted by Crippen LogP contribution is 2.29. The molecule has 26 heavy (non-hydrogen) atoms. The Labute approximate surface area is 151 Å². The topological polar surface area (TPSA) is 61.9 Å². The molecule has 1 aromatic carbocycles. The van der Waals surface area contributed by atoms with Crippen LogP contribution in [0.2, 0.25) is 0 Å². The lowest BCUT2D eigenvalue weighted by Crippen LogP contribution is -2.26. The Morgan fingerprint density at radius 1 is 1.27 bits per heavy atom. The van der Waals surface area contributed by atoms with E-state index in [1.165, 1.54) is 6.07 Å². The molecule has 1 N–H and O–H groups in total. The maximum atomic E-state index is 14.0. The van der Waals surface area contributed by atoms with Crippen LogP contribution in [0.5, 0.6) is 0 Å². The first-order chi connectivity index (χ1) is 12.3. The van der Waals surface area contributed by atoms with Gasteiger partial charge in [-0.25, -0.2) is 14.4 Å². The van der Waals surface area contributed by atoms with Crippen LogP contribution in [-0.4, -0.2) is 25.8 Å². The minimum atomic E-state index is -0.352. The van der Waals surface area contributed by atoms with Crippen LogP contribution >= 0.6 is 0 Å². The summed E-state index contributed by atoms with van der Waals surface area (Å²) in [5.74, 6) is 0.276. The Balaban J connectivity index is 1.66. The molecule has 0 radical (unpaired) electrons. The third kappa shape index (κ3) is 2.57. The van der Waals surface area contributed by atoms with Crippen molar-refractivity contribution in [2.24, 2.45) is 0 Å². The first kappa shape index (κ1) is 16.7. The molecule has 0 atom stereocenters. The summed E-state index contributed by atoms with van der Waals surface area (Å²) in [7, 11) is 0. The fourth-order valence-electron chi connectivity index (χ4n) is 3.35. The van der Waals surface area contributed by atoms with Crippen LogP contribution in [0.1, 0.15) is 53.9 Å². The van der Waals surface area contributed by atoms with Crippen LogP contribution in [0.25, 0.3) is 10.9 Å². The predicted octanol–water partition coefficient (Wildman–Crippen LogP) is 3.86. The summed E-state index contributed by atoms with van der Waals surface area (Å²) in [6, 6.07) is 4.87. The number of benzene rings is 1. The molecule has 5 nitrogen and oxygen atoms in total. The number of aryl methyl sites for hydroxylation is 1. The monoisotopic (exact) mass is 352 g/mol. The average molecular weight is 352 g/mol. The van der Waals surface area contributed by atoms with E-state index in [-0.39, 0.29) is 17.1 Å². The molecule has 0 unspecified atom stereocenters. The van der Waals surface area contributed by atoms with Crippen LogP contribution in [0, 0.1) is 12.7 Å². The molecular formula is C20H21FN4O. The summed E-state index contributed by atoms with van der Waals surface area (Å²) < 4.78 is 14.0. The van der Waals surface area contributed by atoms with Crippen molar-refractivity contribution >= 4 is 16.8 Å². The maximum Gasteiger partial charge on any atom is 0.271 e. The molecule has 0 fully saturated rings. The van der Waals surface area contributed by atoms with E-state index in [1.54, 1.807) is 11.0 Å². The highest BCUT2D eigenvalue weighted by Gasteiger charge is 2.30. The number of para-hydroxylation sites is 1. The van der Waals surface area contributed by atoms with E-state index in [2.05, 4.69) is 35.7 Å². The molecule has 4 rings (SSSR count). The number of carbonyl (C=O) groups is 1. The van der Waals surface area contributed by atoms with Crippen molar-refractivity contribution in [3.05, 3.63) is 58.6 Å². The number of rotatable bonds is 1. The number of carbonyl (C=O) groups excluding carboxylic acids is 1. The first-order valence-corrected chi connectivity index (χ1v) is 8.67. The molecule has 6 heteroatoms. The van der Waals surface area contributed by atoms with Gasteiger partial charge in [0.1, 0.15) is 17.3 Å². The van der Waals surface area contributed by atoms with E-state index < -0.39 is 0 Å². The van der Waals surface area contributed by atoms with Gasteiger partial charge in [-0.2, -0.15) is 0 Å². The zero-order valence-corrected chi connectivity index (χ0v) is 15.4. The average Bonchev–Trinajstić information content (AvgIpc) is 3.15. The summed E-state index contributed by atoms with van der Waals surface area (Å²) >= 11 is 0. The molecule has 2 aromatic heterocycles. The minimum absolute atomic E-state index is 0.141. The van der Waals surface area contributed by atoms with E-state index >= 15 is 0 Å². The second-order valence-corrected chi connectivity index (χ2v) is 7.86. The number of fused-ring (bicyclic) bond motifs is 2. The summed E-state index contributed by atoms with van der Waals surface area (Å²) in [5, 5.41) is 0.736. The molecule has 0 aliphatic carbocycles. The van der Waals surface area contributed by atoms with E-state index in [1.807, 2.05) is 19.2 Å². The summed E-state index contributed by atoms with van der Waals surface area (Å²) in [5.41, 5.74) is 3.28. The number of aromatic amines is 1. The van der Waals surface area contributed by atoms with Crippen molar-refractivity contribution < 1.29 is 9.18 Å². The number of hydrogen-bond acceptors (Lipinski definition) is 3. The predicted molar refractivity (Wildman–Crippen MR) is 97.3 cm³/mol. The third-order valence-electron chi connectivity index (χ3n) is 4.87. The van der Waals surface area contributed by atoms with Crippen molar-refractivity contribution in [3.8, 4) is 0 Å². The minimum Gasteiger partial charge on any atom is -0.348 e. The summed E-state index contributed by atoms with van der Waals surface area (Å²) in [4.78, 5) is 26.8. The van der Waals surface area contributed by atoms with Gasteiger partial charge in [-0.05, 0) is 18.6 Å². The van der Waals surface area contributed by atoms with Crippen molar-refractivity contribution in [3.63, 3.8) is 0 Å². The van der Waals surface area contributed by atoms with Gasteiger partial charge in [0.2, 0.25) is 0 Å². The normalized spacial score (nSPS) is 14.1. The first-order valence-electron chi connectivity index (χ1n) is 8.67. The number of aromatic nitrogens is 3. The number of nitrogens with zero attached hydrogens (tertiary/aromatic N) is 3. The van der Waals surface area contributed by atoms with Gasteiger partial charge in [0, 0.05) is 29.1 Å². The van der Waals surface area contributed by atoms with Crippen LogP contribution in [0.15, 0.2) is 24.4 Å². The number of amides is 1. The summed E-state index contributed by atoms with van der Waals surface area (Å²) in [6.45, 7) is 8.94. The quantitative estimate of drug-likeness (QED) is 0.723. The van der Waals surface area contributed by atoms with E-state index in [4.69, 9.17) is 0 Å². The molecule has 0 saturated heterocycles. The zero-order chi connectivity index (χ0) is 18.6. The number of halogens is 1. The van der Waals surface area contributed by atoms with Gasteiger partial charge in [0.25, 0.3) is 5.91 Å². The Hall–Kier alpha value is -2.76. The van der Waals surface area contributed by atoms with E-state index in [0.717, 1.165) is 28.0 Å². The number of hydrogen-bond donors (Lipinski definition) is 1. The van der Waals surface area contributed by atoms with E-state index in [9.17, 15) is 9.18 Å². The zero-order valence-electron chi connectivity index (χ0n) is 15.4. The van der Waals surface area contributed by atoms with Crippen LogP contribution in [0.4, 0.5) is 4.39 Å². The third-order valence-corrected chi connectivity index (χ3v) is 4.87. The highest BCUT2D eigenvalue weighted by atomic mass is 19.1. The summed E-state index contributed by atoms with van der Waals surface area (Å²) in [6.07, 6.45) is 1.81. The molecule has 0 bridgehead atoms. The molecular weight excluding hydrogens is 331 g/mol. The second kappa shape index (κ2) is 5.62. The van der Waals surface area contributed by atoms with E-state index in [0.29, 0.717) is 24.3 Å². The van der Waals surface area contributed by atoms with Crippen LogP contribution < -0.4 is 0 Å². The molecule has 134 valence electrons. The van der Waals surface area contributed by atoms with Crippen molar-refractivity contribution in [1.29, 1.82) is 0 Å². The van der Waals surface area contributed by atoms with Gasteiger partial charge in [-0.1, -0.05) is 32.9 Å². The Kier molecular flexibility index (Phi) is 3.61. The Morgan fingerprint density at radius 2 is 2.04 bits per heavy atom. The van der Waals surface area contributed by atoms with Gasteiger partial charge >= 0.3 is 0 Å². The van der Waals surface area contributed by atoms with Gasteiger partial charge in [0.15, 0.2) is 0 Å². The number of nitrogens with one attached hydrogen (secondary N) is 1. The lowest BCUT2D eigenvalue weighted by Gasteiger charge is -2.16. The molecule has 1 aliphatic rings. The fraction of sp³-hybridized carbons (Fsp3) is 0.350. The lowest BCUT2D eigenvalue weighted by molar-refractivity contribution is 0.0744. The maximum absolute atomic E-state index is 14.0. The van der Waals surface area contributed by atoms with Gasteiger partial charge < -0.3 is 9.88 Å². The molecule has 1 amide bonds. The van der Waals surface area contributed by atoms with Crippen LogP contribution in [-0.2, 0) is 18.5 Å². The fourth-order valence-corrected chi connectivity index (χ4v) is 3.35. The molecule has 0 spiro atoms. The molecule has 3 heterocycles. The number of H-pyrrole nitrogens is 1. The van der Waals surface area contributed by atoms with Crippen molar-refractivity contribution in [2.45, 2.75) is 46.2 Å². The molecule has 0 saturated carbocycles. The second-order valence-electron chi connectivity index (χ2n) is 7.86. The SMILES string of the molecule is Cc1c(C(=O)N2Cc3cnc(C(C)(C)C)nc3C2)[nH]c2c(F)cccc12. The standard InChI is InChI=1S/C20H21FN4O/c1-11-13-6-5-7-14(21)17(13)24-16(11)18(26)25-9-12-8-22-19(20(2,3)4)23-15(12)10-25/h5-8,24H,9-10H2,1-4H3. The van der Waals surface area contributed by atoms with Crippen molar-refractivity contribution in [1.82, 2.24) is 19.9 Å².